The SMILES string of the molecule is CCCCB1NC(C)(O)C(c2ccccc2)O1. The van der Waals surface area contributed by atoms with Gasteiger partial charge >= 0.3 is 7.05 Å². The third-order valence-electron chi connectivity index (χ3n) is 3.19. The zero-order valence-corrected chi connectivity index (χ0v) is 10.5. The van der Waals surface area contributed by atoms with Gasteiger partial charge in [0.1, 0.15) is 11.8 Å². The fourth-order valence-electron chi connectivity index (χ4n) is 2.29. The van der Waals surface area contributed by atoms with Gasteiger partial charge in [0.25, 0.3) is 0 Å². The molecule has 2 rings (SSSR count). The van der Waals surface area contributed by atoms with Crippen LogP contribution in [0.3, 0.4) is 0 Å². The molecule has 0 spiro atoms. The van der Waals surface area contributed by atoms with Crippen molar-refractivity contribution < 1.29 is 9.76 Å². The molecule has 3 nitrogen and oxygen atoms in total. The summed E-state index contributed by atoms with van der Waals surface area (Å²) in [7, 11) is -0.0462. The number of benzene rings is 1. The van der Waals surface area contributed by atoms with Crippen LogP contribution in [0, 0.1) is 0 Å². The van der Waals surface area contributed by atoms with Crippen LogP contribution in [0.5, 0.6) is 0 Å². The third-order valence-corrected chi connectivity index (χ3v) is 3.19. The second-order valence-corrected chi connectivity index (χ2v) is 4.85. The Kier molecular flexibility index (Phi) is 3.87. The van der Waals surface area contributed by atoms with Gasteiger partial charge in [0.05, 0.1) is 0 Å². The van der Waals surface area contributed by atoms with Gasteiger partial charge < -0.3 is 15.0 Å². The lowest BCUT2D eigenvalue weighted by Crippen LogP contribution is -2.44. The highest BCUT2D eigenvalue weighted by Gasteiger charge is 2.45. The lowest BCUT2D eigenvalue weighted by atomic mass is 9.77. The maximum atomic E-state index is 10.3. The van der Waals surface area contributed by atoms with Crippen LogP contribution in [0.25, 0.3) is 0 Å². The predicted octanol–water partition coefficient (Wildman–Crippen LogP) is 2.34. The molecule has 1 aromatic carbocycles. The minimum absolute atomic E-state index is 0.0462. The Bertz CT molecular complexity index is 356. The summed E-state index contributed by atoms with van der Waals surface area (Å²) in [4.78, 5) is 0. The highest BCUT2D eigenvalue weighted by Crippen LogP contribution is 2.34. The summed E-state index contributed by atoms with van der Waals surface area (Å²) >= 11 is 0. The van der Waals surface area contributed by atoms with Crippen molar-refractivity contribution in [3.8, 4) is 0 Å². The van der Waals surface area contributed by atoms with Crippen LogP contribution in [0.2, 0.25) is 6.32 Å². The molecule has 1 heterocycles. The zero-order valence-electron chi connectivity index (χ0n) is 10.5. The molecule has 2 atom stereocenters. The van der Waals surface area contributed by atoms with Crippen molar-refractivity contribution in [2.24, 2.45) is 0 Å². The first-order valence-electron chi connectivity index (χ1n) is 6.34. The molecule has 1 aliphatic rings. The van der Waals surface area contributed by atoms with Gasteiger partial charge in [-0.05, 0) is 18.8 Å². The van der Waals surface area contributed by atoms with E-state index in [1.54, 1.807) is 6.92 Å². The van der Waals surface area contributed by atoms with E-state index < -0.39 is 5.72 Å². The zero-order chi connectivity index (χ0) is 12.3. The van der Waals surface area contributed by atoms with Gasteiger partial charge in [0, 0.05) is 0 Å². The van der Waals surface area contributed by atoms with Crippen LogP contribution in [0.4, 0.5) is 0 Å². The minimum atomic E-state index is -0.986. The van der Waals surface area contributed by atoms with Crippen LogP contribution in [0.1, 0.15) is 38.4 Å². The van der Waals surface area contributed by atoms with Gasteiger partial charge in [-0.15, -0.1) is 0 Å². The molecule has 0 radical (unpaired) electrons. The van der Waals surface area contributed by atoms with E-state index in [0.717, 1.165) is 24.7 Å². The molecular weight excluding hydrogens is 213 g/mol. The normalized spacial score (nSPS) is 28.6. The summed E-state index contributed by atoms with van der Waals surface area (Å²) in [6, 6.07) is 9.88. The Labute approximate surface area is 103 Å². The van der Waals surface area contributed by atoms with Gasteiger partial charge in [0.2, 0.25) is 0 Å². The summed E-state index contributed by atoms with van der Waals surface area (Å²) in [5.74, 6) is 0. The molecule has 4 heteroatoms. The number of hydrogen-bond acceptors (Lipinski definition) is 3. The highest BCUT2D eigenvalue weighted by atomic mass is 16.5. The molecule has 1 aliphatic heterocycles. The van der Waals surface area contributed by atoms with E-state index in [0.29, 0.717) is 0 Å². The average Bonchev–Trinajstić information content (AvgIpc) is 2.63. The summed E-state index contributed by atoms with van der Waals surface area (Å²) in [5, 5.41) is 13.5. The van der Waals surface area contributed by atoms with Gasteiger partial charge in [-0.1, -0.05) is 50.1 Å². The van der Waals surface area contributed by atoms with E-state index in [2.05, 4.69) is 12.2 Å². The Morgan fingerprint density at radius 3 is 2.76 bits per heavy atom. The molecule has 17 heavy (non-hydrogen) atoms. The standard InChI is InChI=1S/C13H20BNO2/c1-3-4-10-14-15-13(2,16)12(17-14)11-8-6-5-7-9-11/h5-9,12,15-16H,3-4,10H2,1-2H3. The molecule has 1 aromatic rings. The van der Waals surface area contributed by atoms with Gasteiger partial charge in [-0.3, -0.25) is 0 Å². The van der Waals surface area contributed by atoms with Crippen LogP contribution >= 0.6 is 0 Å². The van der Waals surface area contributed by atoms with E-state index in [1.165, 1.54) is 0 Å². The smallest absolute Gasteiger partial charge is 0.382 e. The molecule has 0 aliphatic carbocycles. The molecule has 2 unspecified atom stereocenters. The Morgan fingerprint density at radius 1 is 1.41 bits per heavy atom. The summed E-state index contributed by atoms with van der Waals surface area (Å²) < 4.78 is 5.90. The third kappa shape index (κ3) is 2.89. The van der Waals surface area contributed by atoms with Crippen molar-refractivity contribution in [1.29, 1.82) is 0 Å². The summed E-state index contributed by atoms with van der Waals surface area (Å²) in [6.45, 7) is 3.93. The fraction of sp³-hybridized carbons (Fsp3) is 0.538. The van der Waals surface area contributed by atoms with Crippen LogP contribution in [-0.2, 0) is 4.65 Å². The van der Waals surface area contributed by atoms with E-state index in [-0.39, 0.29) is 13.2 Å². The molecule has 2 N–H and O–H groups in total. The number of aliphatic hydroxyl groups is 1. The number of hydrogen-bond donors (Lipinski definition) is 2. The van der Waals surface area contributed by atoms with E-state index in [4.69, 9.17) is 4.65 Å². The first-order valence-corrected chi connectivity index (χ1v) is 6.34. The fourth-order valence-corrected chi connectivity index (χ4v) is 2.29. The molecule has 0 amide bonds. The average molecular weight is 233 g/mol. The highest BCUT2D eigenvalue weighted by molar-refractivity contribution is 6.49. The topological polar surface area (TPSA) is 41.5 Å². The molecule has 0 aromatic heterocycles. The minimum Gasteiger partial charge on any atom is -0.410 e. The predicted molar refractivity (Wildman–Crippen MR) is 69.5 cm³/mol. The molecule has 0 bridgehead atoms. The van der Waals surface area contributed by atoms with Crippen molar-refractivity contribution in [3.05, 3.63) is 35.9 Å². The molecule has 92 valence electrons. The van der Waals surface area contributed by atoms with E-state index in [9.17, 15) is 5.11 Å². The summed E-state index contributed by atoms with van der Waals surface area (Å²) in [6.07, 6.45) is 2.90. The van der Waals surface area contributed by atoms with Crippen molar-refractivity contribution in [3.63, 3.8) is 0 Å². The van der Waals surface area contributed by atoms with E-state index >= 15 is 0 Å². The Balaban J connectivity index is 2.08. The number of rotatable bonds is 4. The lowest BCUT2D eigenvalue weighted by Gasteiger charge is -2.25. The van der Waals surface area contributed by atoms with Gasteiger partial charge in [0.15, 0.2) is 0 Å². The summed E-state index contributed by atoms with van der Waals surface area (Å²) in [5.41, 5.74) is 0.0312. The Morgan fingerprint density at radius 2 is 2.12 bits per heavy atom. The Hall–Kier alpha value is -0.835. The second kappa shape index (κ2) is 5.21. The molecule has 0 saturated carbocycles. The molecular formula is C13H20BNO2. The van der Waals surface area contributed by atoms with Crippen molar-refractivity contribution in [2.45, 2.75) is 44.8 Å². The quantitative estimate of drug-likeness (QED) is 0.784. The maximum absolute atomic E-state index is 10.3. The molecule has 1 fully saturated rings. The monoisotopic (exact) mass is 233 g/mol. The van der Waals surface area contributed by atoms with Crippen LogP contribution < -0.4 is 5.23 Å². The lowest BCUT2D eigenvalue weighted by molar-refractivity contribution is -0.0255. The van der Waals surface area contributed by atoms with Crippen LogP contribution in [-0.4, -0.2) is 17.9 Å². The van der Waals surface area contributed by atoms with Gasteiger partial charge in [-0.2, -0.15) is 0 Å². The number of unbranched alkanes of at least 4 members (excludes halogenated alkanes) is 1. The van der Waals surface area contributed by atoms with Gasteiger partial charge in [-0.25, -0.2) is 0 Å². The number of nitrogens with one attached hydrogen (secondary N) is 1. The van der Waals surface area contributed by atoms with Crippen molar-refractivity contribution in [2.75, 3.05) is 0 Å². The second-order valence-electron chi connectivity index (χ2n) is 4.85. The largest absolute Gasteiger partial charge is 0.410 e. The maximum Gasteiger partial charge on any atom is 0.382 e. The van der Waals surface area contributed by atoms with E-state index in [1.807, 2.05) is 30.3 Å². The van der Waals surface area contributed by atoms with Crippen molar-refractivity contribution in [1.82, 2.24) is 5.23 Å². The van der Waals surface area contributed by atoms with Crippen molar-refractivity contribution >= 4 is 7.05 Å². The first kappa shape index (κ1) is 12.6. The first-order chi connectivity index (χ1) is 8.13. The molecule has 1 saturated heterocycles. The van der Waals surface area contributed by atoms with Crippen LogP contribution in [0.15, 0.2) is 30.3 Å².